The van der Waals surface area contributed by atoms with Gasteiger partial charge >= 0.3 is 0 Å². The standard InChI is InChI=1S/C13H11BrClN3O/c14-11-4-3-10(9-12(11)15)13(19)18(7-1-5-16)8-2-6-17/h3-4,9H,1-2,7-8H2. The van der Waals surface area contributed by atoms with Crippen LogP contribution in [0.15, 0.2) is 22.7 Å². The number of nitriles is 2. The van der Waals surface area contributed by atoms with Gasteiger partial charge in [0, 0.05) is 23.1 Å². The molecule has 0 aliphatic carbocycles. The van der Waals surface area contributed by atoms with E-state index in [2.05, 4.69) is 15.9 Å². The second-order valence-corrected chi connectivity index (χ2v) is 5.00. The summed E-state index contributed by atoms with van der Waals surface area (Å²) >= 11 is 9.21. The zero-order valence-electron chi connectivity index (χ0n) is 10.1. The Morgan fingerprint density at radius 3 is 2.32 bits per heavy atom. The van der Waals surface area contributed by atoms with Crippen molar-refractivity contribution in [3.8, 4) is 12.1 Å². The van der Waals surface area contributed by atoms with Gasteiger partial charge in [-0.3, -0.25) is 4.79 Å². The average Bonchev–Trinajstić information content (AvgIpc) is 2.41. The highest BCUT2D eigenvalue weighted by Gasteiger charge is 2.16. The first-order chi connectivity index (χ1) is 9.10. The van der Waals surface area contributed by atoms with E-state index in [0.717, 1.165) is 0 Å². The normalized spacial score (nSPS) is 9.47. The van der Waals surface area contributed by atoms with Crippen LogP contribution in [0.5, 0.6) is 0 Å². The van der Waals surface area contributed by atoms with E-state index in [4.69, 9.17) is 22.1 Å². The number of carbonyl (C=O) groups is 1. The predicted octanol–water partition coefficient (Wildman–Crippen LogP) is 3.37. The molecule has 1 amide bonds. The van der Waals surface area contributed by atoms with Crippen molar-refractivity contribution in [2.75, 3.05) is 13.1 Å². The molecular weight excluding hydrogens is 330 g/mol. The number of nitrogens with zero attached hydrogens (tertiary/aromatic N) is 3. The Kier molecular flexibility index (Phi) is 6.35. The van der Waals surface area contributed by atoms with Crippen LogP contribution in [0.4, 0.5) is 0 Å². The lowest BCUT2D eigenvalue weighted by molar-refractivity contribution is 0.0762. The fraction of sp³-hybridized carbons (Fsp3) is 0.308. The van der Waals surface area contributed by atoms with Crippen molar-refractivity contribution in [1.82, 2.24) is 4.90 Å². The lowest BCUT2D eigenvalue weighted by Crippen LogP contribution is -2.32. The molecule has 0 aliphatic rings. The van der Waals surface area contributed by atoms with Crippen LogP contribution in [0.25, 0.3) is 0 Å². The summed E-state index contributed by atoms with van der Waals surface area (Å²) in [5.41, 5.74) is 0.448. The highest BCUT2D eigenvalue weighted by molar-refractivity contribution is 9.10. The van der Waals surface area contributed by atoms with Gasteiger partial charge in [-0.1, -0.05) is 11.6 Å². The highest BCUT2D eigenvalue weighted by atomic mass is 79.9. The molecule has 0 aromatic heterocycles. The van der Waals surface area contributed by atoms with Gasteiger partial charge in [0.05, 0.1) is 30.0 Å². The third kappa shape index (κ3) is 4.55. The Morgan fingerprint density at radius 2 is 1.84 bits per heavy atom. The number of carbonyl (C=O) groups excluding carboxylic acids is 1. The zero-order chi connectivity index (χ0) is 14.3. The highest BCUT2D eigenvalue weighted by Crippen LogP contribution is 2.23. The third-order valence-corrected chi connectivity index (χ3v) is 3.67. The molecule has 0 bridgehead atoms. The SMILES string of the molecule is N#CCCN(CCC#N)C(=O)c1ccc(Br)c(Cl)c1. The number of halogens is 2. The van der Waals surface area contributed by atoms with Gasteiger partial charge < -0.3 is 4.90 Å². The number of amides is 1. The Hall–Kier alpha value is -1.56. The first-order valence-electron chi connectivity index (χ1n) is 5.58. The maximum atomic E-state index is 12.3. The van der Waals surface area contributed by atoms with Crippen molar-refractivity contribution in [3.05, 3.63) is 33.3 Å². The summed E-state index contributed by atoms with van der Waals surface area (Å²) in [5, 5.41) is 17.6. The van der Waals surface area contributed by atoms with Crippen LogP contribution in [0.3, 0.4) is 0 Å². The van der Waals surface area contributed by atoms with E-state index in [1.54, 1.807) is 18.2 Å². The van der Waals surface area contributed by atoms with Gasteiger partial charge in [0.2, 0.25) is 0 Å². The number of rotatable bonds is 5. The van der Waals surface area contributed by atoms with Crippen LogP contribution in [-0.2, 0) is 0 Å². The Balaban J connectivity index is 2.88. The number of hydrogen-bond acceptors (Lipinski definition) is 3. The molecule has 0 saturated carbocycles. The molecule has 98 valence electrons. The minimum absolute atomic E-state index is 0.222. The van der Waals surface area contributed by atoms with E-state index in [1.807, 2.05) is 12.1 Å². The maximum absolute atomic E-state index is 12.3. The molecule has 0 N–H and O–H groups in total. The molecule has 0 aliphatic heterocycles. The van der Waals surface area contributed by atoms with Gasteiger partial charge in [0.25, 0.3) is 5.91 Å². The summed E-state index contributed by atoms with van der Waals surface area (Å²) in [6, 6.07) is 8.90. The number of benzene rings is 1. The fourth-order valence-corrected chi connectivity index (χ4v) is 1.92. The largest absolute Gasteiger partial charge is 0.337 e. The van der Waals surface area contributed by atoms with Gasteiger partial charge in [-0.2, -0.15) is 10.5 Å². The van der Waals surface area contributed by atoms with Crippen molar-refractivity contribution in [1.29, 1.82) is 10.5 Å². The lowest BCUT2D eigenvalue weighted by Gasteiger charge is -2.20. The average molecular weight is 341 g/mol. The van der Waals surface area contributed by atoms with Crippen LogP contribution >= 0.6 is 27.5 Å². The van der Waals surface area contributed by atoms with E-state index >= 15 is 0 Å². The smallest absolute Gasteiger partial charge is 0.253 e. The van der Waals surface area contributed by atoms with Crippen molar-refractivity contribution in [2.24, 2.45) is 0 Å². The second kappa shape index (κ2) is 7.78. The van der Waals surface area contributed by atoms with Crippen molar-refractivity contribution < 1.29 is 4.79 Å². The molecular formula is C13H11BrClN3O. The van der Waals surface area contributed by atoms with E-state index < -0.39 is 0 Å². The van der Waals surface area contributed by atoms with Gasteiger partial charge in [0.15, 0.2) is 0 Å². The van der Waals surface area contributed by atoms with Gasteiger partial charge in [-0.25, -0.2) is 0 Å². The predicted molar refractivity (Wildman–Crippen MR) is 75.5 cm³/mol. The van der Waals surface area contributed by atoms with E-state index in [1.165, 1.54) is 4.90 Å². The van der Waals surface area contributed by atoms with Crippen LogP contribution < -0.4 is 0 Å². The third-order valence-electron chi connectivity index (χ3n) is 2.44. The van der Waals surface area contributed by atoms with E-state index in [9.17, 15) is 4.79 Å². The van der Waals surface area contributed by atoms with Crippen LogP contribution in [0, 0.1) is 22.7 Å². The Morgan fingerprint density at radius 1 is 1.26 bits per heavy atom. The summed E-state index contributed by atoms with van der Waals surface area (Å²) in [6.45, 7) is 0.620. The van der Waals surface area contributed by atoms with Crippen molar-refractivity contribution in [3.63, 3.8) is 0 Å². The van der Waals surface area contributed by atoms with Gasteiger partial charge in [-0.05, 0) is 34.1 Å². The summed E-state index contributed by atoms with van der Waals surface area (Å²) in [7, 11) is 0. The molecule has 0 spiro atoms. The lowest BCUT2D eigenvalue weighted by atomic mass is 10.2. The molecule has 0 radical (unpaired) electrons. The van der Waals surface area contributed by atoms with Crippen LogP contribution in [-0.4, -0.2) is 23.9 Å². The molecule has 0 heterocycles. The van der Waals surface area contributed by atoms with E-state index in [-0.39, 0.29) is 18.7 Å². The van der Waals surface area contributed by atoms with Crippen LogP contribution in [0.2, 0.25) is 5.02 Å². The summed E-state index contributed by atoms with van der Waals surface area (Å²) in [5.74, 6) is -0.222. The first-order valence-corrected chi connectivity index (χ1v) is 6.75. The molecule has 0 fully saturated rings. The minimum atomic E-state index is -0.222. The molecule has 1 aromatic rings. The van der Waals surface area contributed by atoms with Gasteiger partial charge in [-0.15, -0.1) is 0 Å². The van der Waals surface area contributed by atoms with Gasteiger partial charge in [0.1, 0.15) is 0 Å². The van der Waals surface area contributed by atoms with Crippen molar-refractivity contribution in [2.45, 2.75) is 12.8 Å². The molecule has 0 saturated heterocycles. The topological polar surface area (TPSA) is 67.9 Å². The zero-order valence-corrected chi connectivity index (χ0v) is 12.4. The van der Waals surface area contributed by atoms with Crippen molar-refractivity contribution >= 4 is 33.4 Å². The summed E-state index contributed by atoms with van der Waals surface area (Å²) in [4.78, 5) is 13.7. The second-order valence-electron chi connectivity index (χ2n) is 3.74. The first kappa shape index (κ1) is 15.5. The van der Waals surface area contributed by atoms with E-state index in [0.29, 0.717) is 28.1 Å². The molecule has 6 heteroatoms. The molecule has 0 unspecified atom stereocenters. The monoisotopic (exact) mass is 339 g/mol. The Labute approximate surface area is 125 Å². The van der Waals surface area contributed by atoms with Crippen LogP contribution in [0.1, 0.15) is 23.2 Å². The molecule has 1 rings (SSSR count). The minimum Gasteiger partial charge on any atom is -0.337 e. The quantitative estimate of drug-likeness (QED) is 0.825. The molecule has 0 atom stereocenters. The Bertz CT molecular complexity index is 530. The molecule has 19 heavy (non-hydrogen) atoms. The maximum Gasteiger partial charge on any atom is 0.253 e. The summed E-state index contributed by atoms with van der Waals surface area (Å²) < 4.78 is 0.714. The molecule has 1 aromatic carbocycles. The fourth-order valence-electron chi connectivity index (χ4n) is 1.50. The number of hydrogen-bond donors (Lipinski definition) is 0. The molecule has 4 nitrogen and oxygen atoms in total. The summed E-state index contributed by atoms with van der Waals surface area (Å²) in [6.07, 6.45) is 0.475.